The normalized spacial score (nSPS) is 18.6. The molecule has 2 bridgehead atoms. The van der Waals surface area contributed by atoms with Gasteiger partial charge in [-0.3, -0.25) is 14.7 Å². The monoisotopic (exact) mass is 531 g/mol. The van der Waals surface area contributed by atoms with Crippen molar-refractivity contribution >= 4 is 39.9 Å². The average Bonchev–Trinajstić information content (AvgIpc) is 3.21. The van der Waals surface area contributed by atoms with Crippen LogP contribution in [0.15, 0.2) is 36.5 Å². The van der Waals surface area contributed by atoms with Gasteiger partial charge >= 0.3 is 12.1 Å². The molecule has 2 aliphatic rings. The van der Waals surface area contributed by atoms with Gasteiger partial charge in [-0.15, -0.1) is 0 Å². The van der Waals surface area contributed by atoms with Gasteiger partial charge in [-0.25, -0.2) is 9.18 Å². The number of nitrogens with zero attached hydrogens (tertiary/aromatic N) is 5. The first-order valence-corrected chi connectivity index (χ1v) is 12.8. The molecule has 2 aliphatic heterocycles. The second-order valence-electron chi connectivity index (χ2n) is 9.83. The van der Waals surface area contributed by atoms with E-state index in [9.17, 15) is 19.8 Å². The highest BCUT2D eigenvalue weighted by Gasteiger charge is 2.43. The Hall–Kier alpha value is -4.54. The van der Waals surface area contributed by atoms with Gasteiger partial charge in [-0.2, -0.15) is 9.97 Å². The molecule has 0 unspecified atom stereocenters. The van der Waals surface area contributed by atoms with Crippen molar-refractivity contribution in [3.8, 4) is 23.0 Å². The zero-order chi connectivity index (χ0) is 27.3. The van der Waals surface area contributed by atoms with E-state index in [2.05, 4.69) is 15.0 Å². The molecule has 0 aliphatic carbocycles. The number of hydrogen-bond donors (Lipinski definition) is 2. The van der Waals surface area contributed by atoms with Gasteiger partial charge in [0.05, 0.1) is 17.5 Å². The number of carboxylic acid groups (broad SMARTS) is 1. The van der Waals surface area contributed by atoms with Gasteiger partial charge in [0.15, 0.2) is 12.1 Å². The van der Waals surface area contributed by atoms with Gasteiger partial charge in [0, 0.05) is 24.8 Å². The number of carbonyl (C=O) groups is 2. The molecule has 4 heterocycles. The molecule has 2 N–H and O–H groups in total. The predicted molar refractivity (Wildman–Crippen MR) is 142 cm³/mol. The van der Waals surface area contributed by atoms with E-state index in [1.807, 2.05) is 30.0 Å². The fraction of sp³-hybridized carbons (Fsp3) is 0.321. The van der Waals surface area contributed by atoms with E-state index in [0.29, 0.717) is 42.6 Å². The molecule has 2 atom stereocenters. The number of anilines is 1. The van der Waals surface area contributed by atoms with E-state index in [-0.39, 0.29) is 41.7 Å². The zero-order valence-electron chi connectivity index (χ0n) is 21.2. The third kappa shape index (κ3) is 4.14. The SMILES string of the molecule is CCc1cccc2cc(O)cc(-c3ncc4c(N5C[C@H]6CC[C@@H](C5)N6C(=O)O)nc(OCC=O)nc4c3F)c12. The van der Waals surface area contributed by atoms with E-state index in [4.69, 9.17) is 4.74 Å². The Balaban J connectivity index is 1.53. The maximum Gasteiger partial charge on any atom is 0.407 e. The van der Waals surface area contributed by atoms with Crippen molar-refractivity contribution in [3.63, 3.8) is 0 Å². The van der Waals surface area contributed by atoms with Crippen LogP contribution in [0.5, 0.6) is 11.8 Å². The molecular formula is C28H26FN5O5. The summed E-state index contributed by atoms with van der Waals surface area (Å²) in [6.07, 6.45) is 3.26. The number of aromatic nitrogens is 3. The van der Waals surface area contributed by atoms with E-state index in [1.54, 1.807) is 6.07 Å². The summed E-state index contributed by atoms with van der Waals surface area (Å²) < 4.78 is 21.8. The molecule has 6 rings (SSSR count). The highest BCUT2D eigenvalue weighted by atomic mass is 19.1. The molecule has 0 radical (unpaired) electrons. The topological polar surface area (TPSA) is 129 Å². The maximum atomic E-state index is 16.4. The van der Waals surface area contributed by atoms with E-state index >= 15 is 4.39 Å². The summed E-state index contributed by atoms with van der Waals surface area (Å²) in [5.74, 6) is -0.356. The number of aldehydes is 1. The highest BCUT2D eigenvalue weighted by Crippen LogP contribution is 2.39. The quantitative estimate of drug-likeness (QED) is 0.352. The van der Waals surface area contributed by atoms with Crippen molar-refractivity contribution in [3.05, 3.63) is 47.9 Å². The first-order chi connectivity index (χ1) is 18.9. The number of carbonyl (C=O) groups excluding carboxylic acids is 1. The van der Waals surface area contributed by atoms with Crippen molar-refractivity contribution in [1.82, 2.24) is 19.9 Å². The van der Waals surface area contributed by atoms with E-state index < -0.39 is 11.9 Å². The van der Waals surface area contributed by atoms with Gasteiger partial charge < -0.3 is 19.8 Å². The van der Waals surface area contributed by atoms with Crippen molar-refractivity contribution in [1.29, 1.82) is 0 Å². The Bertz CT molecular complexity index is 1620. The maximum absolute atomic E-state index is 16.4. The van der Waals surface area contributed by atoms with E-state index in [0.717, 1.165) is 29.2 Å². The zero-order valence-corrected chi connectivity index (χ0v) is 21.2. The molecule has 10 nitrogen and oxygen atoms in total. The number of fused-ring (bicyclic) bond motifs is 4. The van der Waals surface area contributed by atoms with Crippen LogP contribution in [0.2, 0.25) is 0 Å². The Kier molecular flexibility index (Phi) is 6.13. The molecule has 2 aromatic heterocycles. The summed E-state index contributed by atoms with van der Waals surface area (Å²) >= 11 is 0. The fourth-order valence-electron chi connectivity index (χ4n) is 5.98. The minimum Gasteiger partial charge on any atom is -0.508 e. The standard InChI is InChI=1S/C28H26FN5O5/c1-2-15-4-3-5-16-10-19(36)11-20(22(15)16)24-23(29)25-21(12-30-24)26(32-27(31-25)39-9-8-35)33-13-17-6-7-18(14-33)34(17)28(37)38/h3-5,8,10-12,17-18,36H,2,6-7,9,13-14H2,1H3,(H,37,38)/t17-,18+. The van der Waals surface area contributed by atoms with Gasteiger partial charge in [0.2, 0.25) is 0 Å². The Morgan fingerprint density at radius 2 is 1.97 bits per heavy atom. The molecule has 11 heteroatoms. The Labute approximate surface area is 222 Å². The number of phenols is 1. The number of hydrogen-bond acceptors (Lipinski definition) is 8. The van der Waals surface area contributed by atoms with Gasteiger partial charge in [-0.1, -0.05) is 25.1 Å². The molecule has 0 spiro atoms. The summed E-state index contributed by atoms with van der Waals surface area (Å²) in [5.41, 5.74) is 1.40. The second-order valence-corrected chi connectivity index (χ2v) is 9.83. The number of aromatic hydroxyl groups is 1. The van der Waals surface area contributed by atoms with Crippen LogP contribution in [0.25, 0.3) is 32.9 Å². The molecule has 200 valence electrons. The lowest BCUT2D eigenvalue weighted by atomic mass is 9.95. The van der Waals surface area contributed by atoms with Crippen LogP contribution in [0.3, 0.4) is 0 Å². The van der Waals surface area contributed by atoms with Crippen LogP contribution in [-0.4, -0.2) is 74.2 Å². The minimum absolute atomic E-state index is 0.0165. The second kappa shape index (κ2) is 9.64. The number of aryl methyl sites for hydroxylation is 1. The lowest BCUT2D eigenvalue weighted by molar-refractivity contribution is -0.109. The summed E-state index contributed by atoms with van der Waals surface area (Å²) in [6.45, 7) is 2.45. The van der Waals surface area contributed by atoms with Gasteiger partial charge in [0.1, 0.15) is 29.4 Å². The number of phenolic OH excluding ortho intramolecular Hbond substituents is 1. The number of benzene rings is 2. The lowest BCUT2D eigenvalue weighted by Crippen LogP contribution is -2.55. The lowest BCUT2D eigenvalue weighted by Gasteiger charge is -2.40. The van der Waals surface area contributed by atoms with Crippen LogP contribution in [0.4, 0.5) is 15.0 Å². The number of ether oxygens (including phenoxy) is 1. The molecule has 0 saturated carbocycles. The number of rotatable bonds is 6. The Morgan fingerprint density at radius 3 is 2.67 bits per heavy atom. The average molecular weight is 532 g/mol. The van der Waals surface area contributed by atoms with Gasteiger partial charge in [-0.05, 0) is 47.7 Å². The van der Waals surface area contributed by atoms with Crippen LogP contribution in [-0.2, 0) is 11.2 Å². The third-order valence-corrected chi connectivity index (χ3v) is 7.61. The number of halogens is 1. The van der Waals surface area contributed by atoms with Crippen LogP contribution in [0, 0.1) is 5.82 Å². The largest absolute Gasteiger partial charge is 0.508 e. The molecule has 4 aromatic rings. The summed E-state index contributed by atoms with van der Waals surface area (Å²) in [5, 5.41) is 22.0. The predicted octanol–water partition coefficient (Wildman–Crippen LogP) is 4.16. The molecule has 1 amide bonds. The highest BCUT2D eigenvalue weighted by molar-refractivity contribution is 6.01. The van der Waals surface area contributed by atoms with Crippen molar-refractivity contribution in [2.75, 3.05) is 24.6 Å². The molecule has 2 aromatic carbocycles. The van der Waals surface area contributed by atoms with Crippen LogP contribution < -0.4 is 9.64 Å². The minimum atomic E-state index is -0.952. The number of pyridine rings is 1. The van der Waals surface area contributed by atoms with Crippen molar-refractivity contribution < 1.29 is 28.9 Å². The first-order valence-electron chi connectivity index (χ1n) is 12.8. The first kappa shape index (κ1) is 24.8. The molecular weight excluding hydrogens is 505 g/mol. The number of piperazine rings is 1. The van der Waals surface area contributed by atoms with Gasteiger partial charge in [0.25, 0.3) is 0 Å². The molecule has 39 heavy (non-hydrogen) atoms. The molecule has 2 fully saturated rings. The van der Waals surface area contributed by atoms with Crippen LogP contribution in [0.1, 0.15) is 25.3 Å². The van der Waals surface area contributed by atoms with Crippen molar-refractivity contribution in [2.45, 2.75) is 38.3 Å². The fourth-order valence-corrected chi connectivity index (χ4v) is 5.98. The summed E-state index contributed by atoms with van der Waals surface area (Å²) in [6, 6.07) is 8.24. The Morgan fingerprint density at radius 1 is 1.21 bits per heavy atom. The third-order valence-electron chi connectivity index (χ3n) is 7.61. The van der Waals surface area contributed by atoms with Crippen LogP contribution >= 0.6 is 0 Å². The summed E-state index contributed by atoms with van der Waals surface area (Å²) in [7, 11) is 0. The summed E-state index contributed by atoms with van der Waals surface area (Å²) in [4.78, 5) is 39.4. The number of amides is 1. The van der Waals surface area contributed by atoms with Crippen molar-refractivity contribution in [2.24, 2.45) is 0 Å². The van der Waals surface area contributed by atoms with E-state index in [1.165, 1.54) is 17.2 Å². The molecule has 2 saturated heterocycles. The smallest absolute Gasteiger partial charge is 0.407 e.